The number of carbonyl (C=O) groups excluding carboxylic acids is 1. The second-order valence-corrected chi connectivity index (χ2v) is 6.08. The van der Waals surface area contributed by atoms with Crippen LogP contribution in [-0.4, -0.2) is 22.2 Å². The van der Waals surface area contributed by atoms with Crippen molar-refractivity contribution in [2.75, 3.05) is 6.54 Å². The summed E-state index contributed by atoms with van der Waals surface area (Å²) in [6.07, 6.45) is 10.4. The van der Waals surface area contributed by atoms with Gasteiger partial charge in [-0.2, -0.15) is 5.10 Å². The highest BCUT2D eigenvalue weighted by atomic mass is 16.1. The Morgan fingerprint density at radius 3 is 2.77 bits per heavy atom. The van der Waals surface area contributed by atoms with Crippen molar-refractivity contribution in [1.82, 2.24) is 15.1 Å². The van der Waals surface area contributed by atoms with Gasteiger partial charge in [-0.1, -0.05) is 31.0 Å². The molecule has 1 fully saturated rings. The molecular formula is C18H23N3O. The first-order chi connectivity index (χ1) is 10.8. The molecule has 3 rings (SSSR count). The maximum atomic E-state index is 11.9. The van der Waals surface area contributed by atoms with Gasteiger partial charge in [0.2, 0.25) is 5.91 Å². The Morgan fingerprint density at radius 2 is 2.00 bits per heavy atom. The van der Waals surface area contributed by atoms with E-state index in [4.69, 9.17) is 0 Å². The molecule has 1 amide bonds. The quantitative estimate of drug-likeness (QED) is 0.890. The minimum absolute atomic E-state index is 0.197. The summed E-state index contributed by atoms with van der Waals surface area (Å²) in [4.78, 5) is 11.9. The van der Waals surface area contributed by atoms with Gasteiger partial charge in [-0.3, -0.25) is 4.79 Å². The molecule has 22 heavy (non-hydrogen) atoms. The number of benzene rings is 1. The highest BCUT2D eigenvalue weighted by Crippen LogP contribution is 2.27. The molecule has 2 aromatic rings. The SMILES string of the molecule is O=C(CC1CCCC1)NCCc1cnn(-c2ccccc2)c1. The molecular weight excluding hydrogens is 274 g/mol. The molecule has 0 atom stereocenters. The Hall–Kier alpha value is -2.10. The number of hydrogen-bond donors (Lipinski definition) is 1. The summed E-state index contributed by atoms with van der Waals surface area (Å²) < 4.78 is 1.87. The van der Waals surface area contributed by atoms with Crippen LogP contribution in [0.25, 0.3) is 5.69 Å². The average Bonchev–Trinajstić information content (AvgIpc) is 3.20. The number of hydrogen-bond acceptors (Lipinski definition) is 2. The van der Waals surface area contributed by atoms with Gasteiger partial charge in [-0.05, 0) is 42.9 Å². The molecule has 1 aliphatic carbocycles. The van der Waals surface area contributed by atoms with Crippen LogP contribution in [0, 0.1) is 5.92 Å². The minimum Gasteiger partial charge on any atom is -0.356 e. The summed E-state index contributed by atoms with van der Waals surface area (Å²) in [5, 5.41) is 7.40. The van der Waals surface area contributed by atoms with Crippen molar-refractivity contribution in [3.63, 3.8) is 0 Å². The van der Waals surface area contributed by atoms with Crippen molar-refractivity contribution in [1.29, 1.82) is 0 Å². The molecule has 0 unspecified atom stereocenters. The number of para-hydroxylation sites is 1. The Labute approximate surface area is 131 Å². The summed E-state index contributed by atoms with van der Waals surface area (Å²) in [6.45, 7) is 0.687. The van der Waals surface area contributed by atoms with E-state index in [1.54, 1.807) is 0 Å². The molecule has 1 N–H and O–H groups in total. The molecule has 4 nitrogen and oxygen atoms in total. The van der Waals surface area contributed by atoms with Crippen molar-refractivity contribution in [2.24, 2.45) is 5.92 Å². The van der Waals surface area contributed by atoms with E-state index in [0.29, 0.717) is 18.9 Å². The fourth-order valence-electron chi connectivity index (χ4n) is 3.11. The third-order valence-electron chi connectivity index (χ3n) is 4.34. The van der Waals surface area contributed by atoms with Crippen LogP contribution in [0.3, 0.4) is 0 Å². The largest absolute Gasteiger partial charge is 0.356 e. The van der Waals surface area contributed by atoms with Gasteiger partial charge in [-0.25, -0.2) is 4.68 Å². The molecule has 1 aromatic carbocycles. The number of nitrogens with zero attached hydrogens (tertiary/aromatic N) is 2. The monoisotopic (exact) mass is 297 g/mol. The smallest absolute Gasteiger partial charge is 0.220 e. The van der Waals surface area contributed by atoms with Crippen molar-refractivity contribution < 1.29 is 4.79 Å². The Morgan fingerprint density at radius 1 is 1.23 bits per heavy atom. The average molecular weight is 297 g/mol. The van der Waals surface area contributed by atoms with E-state index in [9.17, 15) is 4.79 Å². The zero-order chi connectivity index (χ0) is 15.2. The van der Waals surface area contributed by atoms with Crippen molar-refractivity contribution in [2.45, 2.75) is 38.5 Å². The Bertz CT molecular complexity index is 600. The molecule has 1 saturated carbocycles. The molecule has 0 bridgehead atoms. The predicted octanol–water partition coefficient (Wildman–Crippen LogP) is 3.11. The summed E-state index contributed by atoms with van der Waals surface area (Å²) in [5.41, 5.74) is 2.20. The maximum Gasteiger partial charge on any atom is 0.220 e. The van der Waals surface area contributed by atoms with Gasteiger partial charge in [0.15, 0.2) is 0 Å². The van der Waals surface area contributed by atoms with E-state index in [-0.39, 0.29) is 5.91 Å². The molecule has 4 heteroatoms. The number of amides is 1. The van der Waals surface area contributed by atoms with Gasteiger partial charge in [0.25, 0.3) is 0 Å². The number of nitrogens with one attached hydrogen (secondary N) is 1. The van der Waals surface area contributed by atoms with E-state index in [1.165, 1.54) is 25.7 Å². The van der Waals surface area contributed by atoms with Gasteiger partial charge >= 0.3 is 0 Å². The molecule has 0 spiro atoms. The predicted molar refractivity (Wildman–Crippen MR) is 86.9 cm³/mol. The normalized spacial score (nSPS) is 15.1. The summed E-state index contributed by atoms with van der Waals surface area (Å²) in [7, 11) is 0. The Kier molecular flexibility index (Phi) is 4.88. The summed E-state index contributed by atoms with van der Waals surface area (Å²) >= 11 is 0. The number of rotatable bonds is 6. The first-order valence-corrected chi connectivity index (χ1v) is 8.17. The lowest BCUT2D eigenvalue weighted by Gasteiger charge is -2.08. The maximum absolute atomic E-state index is 11.9. The van der Waals surface area contributed by atoms with E-state index in [1.807, 2.05) is 47.4 Å². The van der Waals surface area contributed by atoms with Crippen LogP contribution in [0.2, 0.25) is 0 Å². The molecule has 1 heterocycles. The molecule has 0 radical (unpaired) electrons. The third-order valence-corrected chi connectivity index (χ3v) is 4.34. The number of aromatic nitrogens is 2. The topological polar surface area (TPSA) is 46.9 Å². The van der Waals surface area contributed by atoms with Gasteiger partial charge in [-0.15, -0.1) is 0 Å². The second-order valence-electron chi connectivity index (χ2n) is 6.08. The number of carbonyl (C=O) groups is 1. The van der Waals surface area contributed by atoms with E-state index >= 15 is 0 Å². The first-order valence-electron chi connectivity index (χ1n) is 8.17. The zero-order valence-electron chi connectivity index (χ0n) is 12.9. The van der Waals surface area contributed by atoms with E-state index in [0.717, 1.165) is 17.7 Å². The van der Waals surface area contributed by atoms with Crippen LogP contribution < -0.4 is 5.32 Å². The van der Waals surface area contributed by atoms with Crippen LogP contribution in [0.1, 0.15) is 37.7 Å². The third kappa shape index (κ3) is 3.97. The van der Waals surface area contributed by atoms with Crippen LogP contribution in [0.5, 0.6) is 0 Å². The lowest BCUT2D eigenvalue weighted by molar-refractivity contribution is -0.121. The molecule has 1 aromatic heterocycles. The van der Waals surface area contributed by atoms with Gasteiger partial charge < -0.3 is 5.32 Å². The second kappa shape index (κ2) is 7.25. The van der Waals surface area contributed by atoms with Crippen molar-refractivity contribution >= 4 is 5.91 Å². The molecule has 0 saturated heterocycles. The summed E-state index contributed by atoms with van der Waals surface area (Å²) in [5.74, 6) is 0.809. The van der Waals surface area contributed by atoms with Crippen molar-refractivity contribution in [3.8, 4) is 5.69 Å². The van der Waals surface area contributed by atoms with Crippen LogP contribution in [0.15, 0.2) is 42.7 Å². The summed E-state index contributed by atoms with van der Waals surface area (Å²) in [6, 6.07) is 10.0. The fourth-order valence-corrected chi connectivity index (χ4v) is 3.11. The lowest BCUT2D eigenvalue weighted by Crippen LogP contribution is -2.27. The van der Waals surface area contributed by atoms with E-state index in [2.05, 4.69) is 10.4 Å². The van der Waals surface area contributed by atoms with E-state index < -0.39 is 0 Å². The standard InChI is InChI=1S/C18H23N3O/c22-18(12-15-6-4-5-7-15)19-11-10-16-13-20-21(14-16)17-8-2-1-3-9-17/h1-3,8-9,13-15H,4-7,10-12H2,(H,19,22). The van der Waals surface area contributed by atoms with Gasteiger partial charge in [0, 0.05) is 19.2 Å². The molecule has 1 aliphatic rings. The highest BCUT2D eigenvalue weighted by molar-refractivity contribution is 5.76. The van der Waals surface area contributed by atoms with Crippen LogP contribution in [-0.2, 0) is 11.2 Å². The fraction of sp³-hybridized carbons (Fsp3) is 0.444. The molecule has 116 valence electrons. The van der Waals surface area contributed by atoms with Crippen molar-refractivity contribution in [3.05, 3.63) is 48.3 Å². The minimum atomic E-state index is 0.197. The highest BCUT2D eigenvalue weighted by Gasteiger charge is 2.17. The van der Waals surface area contributed by atoms with Gasteiger partial charge in [0.1, 0.15) is 0 Å². The first kappa shape index (κ1) is 14.8. The zero-order valence-corrected chi connectivity index (χ0v) is 12.9. The van der Waals surface area contributed by atoms with Crippen LogP contribution >= 0.6 is 0 Å². The lowest BCUT2D eigenvalue weighted by atomic mass is 10.0. The molecule has 0 aliphatic heterocycles. The van der Waals surface area contributed by atoms with Crippen LogP contribution in [0.4, 0.5) is 0 Å². The Balaban J connectivity index is 1.44. The van der Waals surface area contributed by atoms with Gasteiger partial charge in [0.05, 0.1) is 11.9 Å².